The molecule has 41 heavy (non-hydrogen) atoms. The van der Waals surface area contributed by atoms with Crippen molar-refractivity contribution in [2.75, 3.05) is 33.7 Å². The molecule has 1 saturated heterocycles. The molecule has 0 unspecified atom stereocenters. The number of fused-ring (bicyclic) bond motifs is 1. The Kier molecular flexibility index (Phi) is 8.53. The number of hydrogen-bond acceptors (Lipinski definition) is 6. The van der Waals surface area contributed by atoms with Gasteiger partial charge in [-0.1, -0.05) is 48.9 Å². The van der Waals surface area contributed by atoms with Crippen LogP contribution in [0.25, 0.3) is 10.9 Å². The zero-order valence-corrected chi connectivity index (χ0v) is 24.1. The monoisotopic (exact) mass is 573 g/mol. The number of carbonyl (C=O) groups is 1. The van der Waals surface area contributed by atoms with E-state index in [1.54, 1.807) is 20.2 Å². The van der Waals surface area contributed by atoms with Crippen LogP contribution in [0.2, 0.25) is 0 Å². The molecule has 5 rings (SSSR count). The Bertz CT molecular complexity index is 1660. The third kappa shape index (κ3) is 6.67. The smallest absolute Gasteiger partial charge is 0.241 e. The third-order valence-corrected chi connectivity index (χ3v) is 8.69. The van der Waals surface area contributed by atoms with Gasteiger partial charge in [-0.15, -0.1) is 0 Å². The number of nitrogens with one attached hydrogen (secondary N) is 2. The van der Waals surface area contributed by atoms with Crippen LogP contribution in [-0.2, 0) is 21.4 Å². The lowest BCUT2D eigenvalue weighted by Crippen LogP contribution is -2.36. The van der Waals surface area contributed by atoms with Gasteiger partial charge in [0.15, 0.2) is 5.88 Å². The fourth-order valence-electron chi connectivity index (χ4n) is 5.00. The van der Waals surface area contributed by atoms with Gasteiger partial charge in [0, 0.05) is 37.1 Å². The molecule has 214 valence electrons. The van der Waals surface area contributed by atoms with Crippen LogP contribution in [0.5, 0.6) is 5.88 Å². The van der Waals surface area contributed by atoms with E-state index in [0.29, 0.717) is 27.9 Å². The van der Waals surface area contributed by atoms with Crippen LogP contribution in [0.15, 0.2) is 82.7 Å². The maximum atomic E-state index is 13.0. The average molecular weight is 574 g/mol. The molecule has 1 aromatic heterocycles. The van der Waals surface area contributed by atoms with Gasteiger partial charge in [0.1, 0.15) is 0 Å². The number of hydrogen-bond donors (Lipinski definition) is 3. The van der Waals surface area contributed by atoms with Crippen molar-refractivity contribution < 1.29 is 18.3 Å². The Balaban J connectivity index is 1.52. The van der Waals surface area contributed by atoms with E-state index < -0.39 is 10.0 Å². The molecule has 0 saturated carbocycles. The van der Waals surface area contributed by atoms with Crippen molar-refractivity contribution in [2.45, 2.75) is 30.7 Å². The normalized spacial score (nSPS) is 14.8. The maximum absolute atomic E-state index is 13.0. The number of aromatic hydroxyl groups is 1. The summed E-state index contributed by atoms with van der Waals surface area (Å²) in [6, 6.07) is 22.1. The molecular weight excluding hydrogens is 538 g/mol. The number of aliphatic imine (C=N–C) groups is 1. The van der Waals surface area contributed by atoms with Gasteiger partial charge in [0.2, 0.25) is 15.9 Å². The lowest BCUT2D eigenvalue weighted by Gasteiger charge is -2.26. The van der Waals surface area contributed by atoms with Gasteiger partial charge in [-0.25, -0.2) is 18.1 Å². The molecule has 1 aliphatic rings. The Hall–Kier alpha value is -3.99. The van der Waals surface area contributed by atoms with E-state index >= 15 is 0 Å². The molecule has 0 atom stereocenters. The number of aromatic amines is 1. The van der Waals surface area contributed by atoms with E-state index in [1.165, 1.54) is 41.9 Å². The molecule has 10 heteroatoms. The second kappa shape index (κ2) is 12.3. The quantitative estimate of drug-likeness (QED) is 0.257. The first-order valence-electron chi connectivity index (χ1n) is 13.7. The van der Waals surface area contributed by atoms with Gasteiger partial charge in [-0.05, 0) is 61.8 Å². The highest BCUT2D eigenvalue weighted by atomic mass is 32.2. The summed E-state index contributed by atoms with van der Waals surface area (Å²) in [6.45, 7) is 2.79. The molecule has 9 nitrogen and oxygen atoms in total. The second-order valence-electron chi connectivity index (χ2n) is 10.5. The van der Waals surface area contributed by atoms with Crippen LogP contribution in [0.3, 0.4) is 0 Å². The summed E-state index contributed by atoms with van der Waals surface area (Å²) in [5.74, 6) is -0.482. The number of H-pyrrole nitrogens is 1. The number of carbonyl (C=O) groups excluding carboxylic acids is 1. The lowest BCUT2D eigenvalue weighted by atomic mass is 10.0. The van der Waals surface area contributed by atoms with Crippen LogP contribution in [0.4, 0.5) is 5.69 Å². The van der Waals surface area contributed by atoms with E-state index in [9.17, 15) is 18.3 Å². The molecule has 3 N–H and O–H groups in total. The minimum Gasteiger partial charge on any atom is -0.494 e. The van der Waals surface area contributed by atoms with E-state index in [2.05, 4.69) is 26.7 Å². The highest BCUT2D eigenvalue weighted by Crippen LogP contribution is 2.33. The van der Waals surface area contributed by atoms with Gasteiger partial charge in [0.25, 0.3) is 0 Å². The minimum absolute atomic E-state index is 0.0220. The van der Waals surface area contributed by atoms with E-state index in [4.69, 9.17) is 4.99 Å². The summed E-state index contributed by atoms with van der Waals surface area (Å²) in [6.07, 6.45) is 3.78. The molecule has 1 aliphatic heterocycles. The average Bonchev–Trinajstić information content (AvgIpc) is 3.31. The van der Waals surface area contributed by atoms with Crippen LogP contribution >= 0.6 is 0 Å². The Morgan fingerprint density at radius 3 is 2.39 bits per heavy atom. The number of likely N-dealkylation sites (N-methyl/N-ethyl adjacent to an activating group) is 1. The molecule has 0 aliphatic carbocycles. The van der Waals surface area contributed by atoms with Crippen molar-refractivity contribution >= 4 is 38.2 Å². The summed E-state index contributed by atoms with van der Waals surface area (Å²) in [5.41, 5.74) is 4.16. The zero-order chi connectivity index (χ0) is 29.0. The fourth-order valence-corrected chi connectivity index (χ4v) is 6.00. The van der Waals surface area contributed by atoms with Crippen molar-refractivity contribution in [1.82, 2.24) is 19.5 Å². The maximum Gasteiger partial charge on any atom is 0.241 e. The second-order valence-corrected chi connectivity index (χ2v) is 12.3. The molecule has 0 radical (unpaired) electrons. The molecule has 3 aromatic carbocycles. The number of nitrogens with zero attached hydrogens (tertiary/aromatic N) is 3. The van der Waals surface area contributed by atoms with Crippen LogP contribution in [-0.4, -0.2) is 73.7 Å². The molecule has 1 amide bonds. The number of benzene rings is 3. The summed E-state index contributed by atoms with van der Waals surface area (Å²) >= 11 is 0. The lowest BCUT2D eigenvalue weighted by molar-refractivity contribution is -0.127. The van der Waals surface area contributed by atoms with Gasteiger partial charge in [0.05, 0.1) is 28.4 Å². The van der Waals surface area contributed by atoms with Crippen LogP contribution < -0.4 is 4.72 Å². The molecule has 0 spiro atoms. The molecule has 0 bridgehead atoms. The Morgan fingerprint density at radius 2 is 1.71 bits per heavy atom. The van der Waals surface area contributed by atoms with E-state index in [1.807, 2.05) is 42.5 Å². The van der Waals surface area contributed by atoms with E-state index in [0.717, 1.165) is 25.2 Å². The highest BCUT2D eigenvalue weighted by Gasteiger charge is 2.22. The molecule has 4 aromatic rings. The Labute approximate surface area is 240 Å². The van der Waals surface area contributed by atoms with Crippen LogP contribution in [0.1, 0.15) is 36.0 Å². The third-order valence-electron chi connectivity index (χ3n) is 7.29. The fraction of sp³-hybridized carbons (Fsp3) is 0.290. The topological polar surface area (TPSA) is 118 Å². The Morgan fingerprint density at radius 1 is 1.00 bits per heavy atom. The number of likely N-dealkylation sites (tertiary alicyclic amines) is 1. The number of piperidine rings is 1. The summed E-state index contributed by atoms with van der Waals surface area (Å²) < 4.78 is 28.4. The first kappa shape index (κ1) is 28.5. The highest BCUT2D eigenvalue weighted by molar-refractivity contribution is 7.89. The van der Waals surface area contributed by atoms with Gasteiger partial charge >= 0.3 is 0 Å². The standard InChI is InChI=1S/C31H35N5O4S/c1-35(2)28(37)20-32-41(39,40)25-15-16-27-26(19-25)29(31(38)34-27)30(23-9-5-3-6-10-23)33-24-13-11-22(12-14-24)21-36-17-7-4-8-18-36/h3,5-6,9-16,19,32,34,38H,4,7-8,17-18,20-21H2,1-2H3. The predicted molar refractivity (Wildman–Crippen MR) is 161 cm³/mol. The predicted octanol–water partition coefficient (Wildman–Crippen LogP) is 4.40. The van der Waals surface area contributed by atoms with Gasteiger partial charge in [-0.3, -0.25) is 9.69 Å². The molecule has 2 heterocycles. The van der Waals surface area contributed by atoms with Gasteiger partial charge < -0.3 is 15.0 Å². The summed E-state index contributed by atoms with van der Waals surface area (Å²) in [7, 11) is -0.872. The van der Waals surface area contributed by atoms with Crippen molar-refractivity contribution in [1.29, 1.82) is 0 Å². The summed E-state index contributed by atoms with van der Waals surface area (Å²) in [5, 5.41) is 11.5. The molecular formula is C31H35N5O4S. The SMILES string of the molecule is CN(C)C(=O)CNS(=O)(=O)c1ccc2[nH]c(O)c(C(=Nc3ccc(CN4CCCCC4)cc3)c3ccccc3)c2c1. The number of amides is 1. The first-order chi connectivity index (χ1) is 19.7. The largest absolute Gasteiger partial charge is 0.494 e. The van der Waals surface area contributed by atoms with Crippen molar-refractivity contribution in [3.63, 3.8) is 0 Å². The summed E-state index contributed by atoms with van der Waals surface area (Å²) in [4.78, 5) is 23.6. The molecule has 1 fully saturated rings. The number of rotatable bonds is 9. The first-order valence-corrected chi connectivity index (χ1v) is 15.2. The zero-order valence-electron chi connectivity index (χ0n) is 23.3. The number of aromatic nitrogens is 1. The van der Waals surface area contributed by atoms with Crippen molar-refractivity contribution in [3.8, 4) is 5.88 Å². The van der Waals surface area contributed by atoms with E-state index in [-0.39, 0.29) is 23.2 Å². The van der Waals surface area contributed by atoms with Crippen LogP contribution in [0, 0.1) is 0 Å². The van der Waals surface area contributed by atoms with Crippen molar-refractivity contribution in [3.05, 3.63) is 89.5 Å². The number of sulfonamides is 1. The van der Waals surface area contributed by atoms with Gasteiger partial charge in [-0.2, -0.15) is 0 Å². The van der Waals surface area contributed by atoms with Crippen molar-refractivity contribution in [2.24, 2.45) is 4.99 Å². The minimum atomic E-state index is -3.99.